The van der Waals surface area contributed by atoms with Crippen LogP contribution >= 0.6 is 0 Å². The number of hydrogen-bond acceptors (Lipinski definition) is 4. The molecule has 0 radical (unpaired) electrons. The van der Waals surface area contributed by atoms with Crippen LogP contribution in [-0.4, -0.2) is 54.2 Å². The molecule has 1 aliphatic heterocycles. The molecule has 1 amide bonds. The van der Waals surface area contributed by atoms with Crippen molar-refractivity contribution in [3.8, 4) is 0 Å². The van der Waals surface area contributed by atoms with Crippen LogP contribution in [0, 0.1) is 0 Å². The molecule has 1 fully saturated rings. The minimum Gasteiger partial charge on any atom is -0.481 e. The summed E-state index contributed by atoms with van der Waals surface area (Å²) in [6.07, 6.45) is 1.59. The van der Waals surface area contributed by atoms with Gasteiger partial charge < -0.3 is 20.1 Å². The van der Waals surface area contributed by atoms with Crippen molar-refractivity contribution in [1.29, 1.82) is 0 Å². The number of amides is 1. The molecule has 1 unspecified atom stereocenters. The summed E-state index contributed by atoms with van der Waals surface area (Å²) in [5.41, 5.74) is 1.25. The highest BCUT2D eigenvalue weighted by Crippen LogP contribution is 2.21. The molecule has 0 saturated carbocycles. The summed E-state index contributed by atoms with van der Waals surface area (Å²) >= 11 is 0. The van der Waals surface area contributed by atoms with Crippen LogP contribution in [0.3, 0.4) is 0 Å². The molecule has 6 nitrogen and oxygen atoms in total. The van der Waals surface area contributed by atoms with Gasteiger partial charge in [-0.3, -0.25) is 9.59 Å². The number of ether oxygens (including phenoxy) is 1. The molecule has 1 aromatic carbocycles. The third-order valence-electron chi connectivity index (χ3n) is 3.49. The lowest BCUT2D eigenvalue weighted by Gasteiger charge is -2.35. The Labute approximate surface area is 129 Å². The number of rotatable bonds is 6. The predicted octanol–water partition coefficient (Wildman–Crippen LogP) is 1.60. The lowest BCUT2D eigenvalue weighted by Crippen LogP contribution is -2.49. The molecule has 1 heterocycles. The van der Waals surface area contributed by atoms with Gasteiger partial charge in [-0.1, -0.05) is 18.2 Å². The minimum atomic E-state index is -0.939. The van der Waals surface area contributed by atoms with Gasteiger partial charge in [0.2, 0.25) is 0 Å². The highest BCUT2D eigenvalue weighted by Gasteiger charge is 2.30. The first-order valence-electron chi connectivity index (χ1n) is 7.17. The van der Waals surface area contributed by atoms with Crippen molar-refractivity contribution in [2.75, 3.05) is 31.6 Å². The highest BCUT2D eigenvalue weighted by molar-refractivity contribution is 6.00. The molecule has 0 aliphatic carbocycles. The van der Waals surface area contributed by atoms with E-state index in [0.717, 1.165) is 0 Å². The minimum absolute atomic E-state index is 0.117. The summed E-state index contributed by atoms with van der Waals surface area (Å²) in [5.74, 6) is -1.12. The van der Waals surface area contributed by atoms with Gasteiger partial charge >= 0.3 is 5.97 Å². The lowest BCUT2D eigenvalue weighted by atomic mass is 10.1. The zero-order chi connectivity index (χ0) is 15.9. The molecular weight excluding hydrogens is 284 g/mol. The Morgan fingerprint density at radius 1 is 1.45 bits per heavy atom. The van der Waals surface area contributed by atoms with E-state index in [-0.39, 0.29) is 18.9 Å². The SMILES string of the molecule is C=CCNc1ccccc1C(=O)N1CCOCC1CC(=O)O. The number of carboxylic acids is 1. The molecule has 6 heteroatoms. The summed E-state index contributed by atoms with van der Waals surface area (Å²) in [4.78, 5) is 25.3. The van der Waals surface area contributed by atoms with Crippen molar-refractivity contribution < 1.29 is 19.4 Å². The third-order valence-corrected chi connectivity index (χ3v) is 3.49. The zero-order valence-corrected chi connectivity index (χ0v) is 12.3. The first-order valence-corrected chi connectivity index (χ1v) is 7.17. The molecule has 22 heavy (non-hydrogen) atoms. The number of carbonyl (C=O) groups excluding carboxylic acids is 1. The van der Waals surface area contributed by atoms with E-state index in [4.69, 9.17) is 9.84 Å². The monoisotopic (exact) mass is 304 g/mol. The smallest absolute Gasteiger partial charge is 0.305 e. The summed E-state index contributed by atoms with van der Waals surface area (Å²) in [7, 11) is 0. The molecule has 0 spiro atoms. The number of carboxylic acid groups (broad SMARTS) is 1. The van der Waals surface area contributed by atoms with E-state index in [9.17, 15) is 9.59 Å². The second kappa shape index (κ2) is 7.61. The van der Waals surface area contributed by atoms with Crippen molar-refractivity contribution in [1.82, 2.24) is 4.90 Å². The van der Waals surface area contributed by atoms with Crippen molar-refractivity contribution in [2.45, 2.75) is 12.5 Å². The maximum absolute atomic E-state index is 12.8. The molecular formula is C16H20N2O4. The number of benzene rings is 1. The Hall–Kier alpha value is -2.34. The van der Waals surface area contributed by atoms with Gasteiger partial charge in [0.05, 0.1) is 31.2 Å². The maximum Gasteiger partial charge on any atom is 0.305 e. The standard InChI is InChI=1S/C16H20N2O4/c1-2-7-17-14-6-4-3-5-13(14)16(21)18-8-9-22-11-12(18)10-15(19)20/h2-6,12,17H,1,7-11H2,(H,19,20). The van der Waals surface area contributed by atoms with E-state index < -0.39 is 12.0 Å². The summed E-state index contributed by atoms with van der Waals surface area (Å²) in [6, 6.07) is 6.76. The van der Waals surface area contributed by atoms with Crippen molar-refractivity contribution >= 4 is 17.6 Å². The number of nitrogens with one attached hydrogen (secondary N) is 1. The topological polar surface area (TPSA) is 78.9 Å². The van der Waals surface area contributed by atoms with E-state index in [1.54, 1.807) is 23.1 Å². The Morgan fingerprint density at radius 3 is 2.95 bits per heavy atom. The summed E-state index contributed by atoms with van der Waals surface area (Å²) in [5, 5.41) is 12.1. The van der Waals surface area contributed by atoms with Gasteiger partial charge in [0, 0.05) is 18.8 Å². The number of morpholine rings is 1. The summed E-state index contributed by atoms with van der Waals surface area (Å²) < 4.78 is 5.31. The van der Waals surface area contributed by atoms with Crippen molar-refractivity contribution in [2.24, 2.45) is 0 Å². The van der Waals surface area contributed by atoms with Gasteiger partial charge in [-0.25, -0.2) is 0 Å². The number of anilines is 1. The van der Waals surface area contributed by atoms with Crippen LogP contribution in [0.5, 0.6) is 0 Å². The first-order chi connectivity index (χ1) is 10.6. The fraction of sp³-hybridized carbons (Fsp3) is 0.375. The van der Waals surface area contributed by atoms with E-state index in [2.05, 4.69) is 11.9 Å². The molecule has 1 aliphatic rings. The molecule has 118 valence electrons. The molecule has 1 aromatic rings. The molecule has 1 saturated heterocycles. The Balaban J connectivity index is 2.21. The van der Waals surface area contributed by atoms with Gasteiger partial charge in [-0.2, -0.15) is 0 Å². The number of carbonyl (C=O) groups is 2. The fourth-order valence-electron chi connectivity index (χ4n) is 2.45. The second-order valence-corrected chi connectivity index (χ2v) is 5.04. The fourth-order valence-corrected chi connectivity index (χ4v) is 2.45. The molecule has 2 rings (SSSR count). The quantitative estimate of drug-likeness (QED) is 0.781. The normalized spacial score (nSPS) is 17.8. The van der Waals surface area contributed by atoms with Gasteiger partial charge in [0.25, 0.3) is 5.91 Å². The predicted molar refractivity (Wildman–Crippen MR) is 83.0 cm³/mol. The van der Waals surface area contributed by atoms with Crippen LogP contribution in [0.1, 0.15) is 16.8 Å². The lowest BCUT2D eigenvalue weighted by molar-refractivity contribution is -0.139. The average molecular weight is 304 g/mol. The van der Waals surface area contributed by atoms with Crippen LogP contribution in [0.25, 0.3) is 0 Å². The Morgan fingerprint density at radius 2 is 2.23 bits per heavy atom. The number of aliphatic carboxylic acids is 1. The van der Waals surface area contributed by atoms with Crippen molar-refractivity contribution in [3.05, 3.63) is 42.5 Å². The number of hydrogen-bond donors (Lipinski definition) is 2. The molecule has 1 atom stereocenters. The molecule has 2 N–H and O–H groups in total. The van der Waals surface area contributed by atoms with Crippen LogP contribution < -0.4 is 5.32 Å². The summed E-state index contributed by atoms with van der Waals surface area (Å²) in [6.45, 7) is 5.26. The largest absolute Gasteiger partial charge is 0.481 e. The Bertz CT molecular complexity index is 559. The average Bonchev–Trinajstić information content (AvgIpc) is 2.52. The van der Waals surface area contributed by atoms with Gasteiger partial charge in [0.1, 0.15) is 0 Å². The zero-order valence-electron chi connectivity index (χ0n) is 12.3. The van der Waals surface area contributed by atoms with E-state index in [0.29, 0.717) is 30.9 Å². The van der Waals surface area contributed by atoms with E-state index >= 15 is 0 Å². The first kappa shape index (κ1) is 16.0. The van der Waals surface area contributed by atoms with E-state index in [1.807, 2.05) is 12.1 Å². The molecule has 0 bridgehead atoms. The highest BCUT2D eigenvalue weighted by atomic mass is 16.5. The van der Waals surface area contributed by atoms with Crippen LogP contribution in [-0.2, 0) is 9.53 Å². The van der Waals surface area contributed by atoms with Crippen molar-refractivity contribution in [3.63, 3.8) is 0 Å². The second-order valence-electron chi connectivity index (χ2n) is 5.04. The van der Waals surface area contributed by atoms with Gasteiger partial charge in [0.15, 0.2) is 0 Å². The number of para-hydroxylation sites is 1. The van der Waals surface area contributed by atoms with E-state index in [1.165, 1.54) is 0 Å². The van der Waals surface area contributed by atoms with Crippen LogP contribution in [0.15, 0.2) is 36.9 Å². The van der Waals surface area contributed by atoms with Crippen LogP contribution in [0.2, 0.25) is 0 Å². The number of nitrogens with zero attached hydrogens (tertiary/aromatic N) is 1. The van der Waals surface area contributed by atoms with Gasteiger partial charge in [-0.15, -0.1) is 6.58 Å². The van der Waals surface area contributed by atoms with Crippen LogP contribution in [0.4, 0.5) is 5.69 Å². The third kappa shape index (κ3) is 3.85. The maximum atomic E-state index is 12.8. The Kier molecular flexibility index (Phi) is 5.55. The molecule has 0 aromatic heterocycles. The van der Waals surface area contributed by atoms with Gasteiger partial charge in [-0.05, 0) is 12.1 Å².